The molecule has 15 heavy (non-hydrogen) atoms. The molecule has 0 atom stereocenters. The van der Waals surface area contributed by atoms with Gasteiger partial charge >= 0.3 is 0 Å². The Balaban J connectivity index is 2.39. The monoisotopic (exact) mass is 206 g/mol. The van der Waals surface area contributed by atoms with Crippen LogP contribution < -0.4 is 9.47 Å². The van der Waals surface area contributed by atoms with E-state index in [1.54, 1.807) is 14.2 Å². The molecule has 0 bridgehead atoms. The van der Waals surface area contributed by atoms with Crippen LogP contribution in [0.4, 0.5) is 0 Å². The standard InChI is InChI=1S/C12H14O3/c1-14-11-5-9-3-8(7-13)4-10(9)6-12(11)15-2/h5-8H,3-4H2,1-2H3. The van der Waals surface area contributed by atoms with Gasteiger partial charge in [-0.15, -0.1) is 0 Å². The number of rotatable bonds is 3. The van der Waals surface area contributed by atoms with E-state index in [1.807, 2.05) is 12.1 Å². The molecule has 0 radical (unpaired) electrons. The highest BCUT2D eigenvalue weighted by Crippen LogP contribution is 2.35. The van der Waals surface area contributed by atoms with Crippen LogP contribution in [0.25, 0.3) is 0 Å². The fraction of sp³-hybridized carbons (Fsp3) is 0.417. The van der Waals surface area contributed by atoms with Crippen molar-refractivity contribution in [1.82, 2.24) is 0 Å². The third-order valence-corrected chi connectivity index (χ3v) is 2.86. The second-order valence-corrected chi connectivity index (χ2v) is 3.78. The van der Waals surface area contributed by atoms with Crippen LogP contribution in [-0.2, 0) is 17.6 Å². The Hall–Kier alpha value is -1.51. The molecule has 80 valence electrons. The summed E-state index contributed by atoms with van der Waals surface area (Å²) in [5, 5.41) is 0. The van der Waals surface area contributed by atoms with Crippen molar-refractivity contribution in [2.24, 2.45) is 5.92 Å². The number of aldehydes is 1. The molecule has 0 aliphatic heterocycles. The Morgan fingerprint density at radius 3 is 1.93 bits per heavy atom. The fourth-order valence-corrected chi connectivity index (χ4v) is 2.08. The van der Waals surface area contributed by atoms with Crippen molar-refractivity contribution >= 4 is 6.29 Å². The first-order valence-corrected chi connectivity index (χ1v) is 4.97. The van der Waals surface area contributed by atoms with E-state index in [9.17, 15) is 4.79 Å². The van der Waals surface area contributed by atoms with Gasteiger partial charge in [0.05, 0.1) is 14.2 Å². The Kier molecular flexibility index (Phi) is 2.62. The van der Waals surface area contributed by atoms with Gasteiger partial charge in [-0.1, -0.05) is 0 Å². The Bertz CT molecular complexity index is 352. The maximum atomic E-state index is 10.7. The minimum Gasteiger partial charge on any atom is -0.493 e. The van der Waals surface area contributed by atoms with E-state index < -0.39 is 0 Å². The predicted octanol–water partition coefficient (Wildman–Crippen LogP) is 1.62. The van der Waals surface area contributed by atoms with Gasteiger partial charge in [0.25, 0.3) is 0 Å². The van der Waals surface area contributed by atoms with Crippen LogP contribution in [0.5, 0.6) is 11.5 Å². The molecule has 0 aromatic heterocycles. The topological polar surface area (TPSA) is 35.5 Å². The van der Waals surface area contributed by atoms with Gasteiger partial charge in [0.15, 0.2) is 11.5 Å². The summed E-state index contributed by atoms with van der Waals surface area (Å²) in [7, 11) is 3.24. The van der Waals surface area contributed by atoms with E-state index in [0.717, 1.165) is 30.6 Å². The number of carbonyl (C=O) groups excluding carboxylic acids is 1. The quantitative estimate of drug-likeness (QED) is 0.705. The van der Waals surface area contributed by atoms with Gasteiger partial charge in [-0.25, -0.2) is 0 Å². The summed E-state index contributed by atoms with van der Waals surface area (Å²) in [4.78, 5) is 10.7. The molecule has 1 aromatic rings. The highest BCUT2D eigenvalue weighted by molar-refractivity contribution is 5.60. The Labute approximate surface area is 89.0 Å². The van der Waals surface area contributed by atoms with Crippen LogP contribution in [0.1, 0.15) is 11.1 Å². The van der Waals surface area contributed by atoms with Gasteiger partial charge in [-0.2, -0.15) is 0 Å². The smallest absolute Gasteiger partial charge is 0.161 e. The number of methoxy groups -OCH3 is 2. The molecule has 1 aliphatic rings. The van der Waals surface area contributed by atoms with E-state index in [-0.39, 0.29) is 5.92 Å². The van der Waals surface area contributed by atoms with Gasteiger partial charge in [-0.3, -0.25) is 0 Å². The highest BCUT2D eigenvalue weighted by atomic mass is 16.5. The van der Waals surface area contributed by atoms with E-state index >= 15 is 0 Å². The summed E-state index contributed by atoms with van der Waals surface area (Å²) < 4.78 is 10.4. The number of hydrogen-bond acceptors (Lipinski definition) is 3. The molecule has 1 aliphatic carbocycles. The van der Waals surface area contributed by atoms with Gasteiger partial charge in [0.1, 0.15) is 6.29 Å². The van der Waals surface area contributed by atoms with Gasteiger partial charge < -0.3 is 14.3 Å². The van der Waals surface area contributed by atoms with Crippen molar-refractivity contribution in [3.8, 4) is 11.5 Å². The zero-order valence-corrected chi connectivity index (χ0v) is 8.95. The van der Waals surface area contributed by atoms with E-state index in [1.165, 1.54) is 11.1 Å². The van der Waals surface area contributed by atoms with Gasteiger partial charge in [-0.05, 0) is 36.1 Å². The lowest BCUT2D eigenvalue weighted by Gasteiger charge is -2.09. The molecule has 0 amide bonds. The number of carbonyl (C=O) groups is 1. The highest BCUT2D eigenvalue weighted by Gasteiger charge is 2.23. The second kappa shape index (κ2) is 3.93. The van der Waals surface area contributed by atoms with Crippen molar-refractivity contribution in [3.05, 3.63) is 23.3 Å². The molecule has 1 aromatic carbocycles. The van der Waals surface area contributed by atoms with E-state index in [4.69, 9.17) is 9.47 Å². The van der Waals surface area contributed by atoms with Crippen LogP contribution in [0.3, 0.4) is 0 Å². The van der Waals surface area contributed by atoms with Crippen molar-refractivity contribution in [2.45, 2.75) is 12.8 Å². The maximum Gasteiger partial charge on any atom is 0.161 e. The molecule has 0 fully saturated rings. The number of hydrogen-bond donors (Lipinski definition) is 0. The largest absolute Gasteiger partial charge is 0.493 e. The minimum atomic E-state index is 0.122. The maximum absolute atomic E-state index is 10.7. The second-order valence-electron chi connectivity index (χ2n) is 3.78. The molecule has 0 unspecified atom stereocenters. The summed E-state index contributed by atoms with van der Waals surface area (Å²) in [6, 6.07) is 3.94. The zero-order chi connectivity index (χ0) is 10.8. The van der Waals surface area contributed by atoms with Crippen LogP contribution in [0.15, 0.2) is 12.1 Å². The zero-order valence-electron chi connectivity index (χ0n) is 8.95. The number of benzene rings is 1. The summed E-state index contributed by atoms with van der Waals surface area (Å²) in [6.45, 7) is 0. The van der Waals surface area contributed by atoms with Gasteiger partial charge in [0, 0.05) is 5.92 Å². The van der Waals surface area contributed by atoms with E-state index in [0.29, 0.717) is 0 Å². The molecular formula is C12H14O3. The lowest BCUT2D eigenvalue weighted by molar-refractivity contribution is -0.110. The van der Waals surface area contributed by atoms with Crippen LogP contribution >= 0.6 is 0 Å². The van der Waals surface area contributed by atoms with Crippen LogP contribution in [0, 0.1) is 5.92 Å². The first kappa shape index (κ1) is 10.0. The summed E-state index contributed by atoms with van der Waals surface area (Å²) in [5.41, 5.74) is 2.40. The molecule has 0 saturated carbocycles. The molecule has 0 heterocycles. The first-order chi connectivity index (χ1) is 7.28. The fourth-order valence-electron chi connectivity index (χ4n) is 2.08. The predicted molar refractivity (Wildman–Crippen MR) is 56.5 cm³/mol. The van der Waals surface area contributed by atoms with E-state index in [2.05, 4.69) is 0 Å². The molecule has 3 heteroatoms. The number of fused-ring (bicyclic) bond motifs is 1. The lowest BCUT2D eigenvalue weighted by Crippen LogP contribution is -1.99. The SMILES string of the molecule is COc1cc2c(cc1OC)CC(C=O)C2. The Morgan fingerprint density at radius 1 is 1.13 bits per heavy atom. The summed E-state index contributed by atoms with van der Waals surface area (Å²) in [6.07, 6.45) is 2.66. The lowest BCUT2D eigenvalue weighted by atomic mass is 10.1. The van der Waals surface area contributed by atoms with Crippen molar-refractivity contribution in [2.75, 3.05) is 14.2 Å². The minimum absolute atomic E-state index is 0.122. The molecular weight excluding hydrogens is 192 g/mol. The van der Waals surface area contributed by atoms with Crippen molar-refractivity contribution in [3.63, 3.8) is 0 Å². The molecule has 0 N–H and O–H groups in total. The summed E-state index contributed by atoms with van der Waals surface area (Å²) >= 11 is 0. The molecule has 3 nitrogen and oxygen atoms in total. The molecule has 2 rings (SSSR count). The van der Waals surface area contributed by atoms with Crippen molar-refractivity contribution < 1.29 is 14.3 Å². The van der Waals surface area contributed by atoms with Crippen LogP contribution in [0.2, 0.25) is 0 Å². The molecule has 0 spiro atoms. The van der Waals surface area contributed by atoms with Crippen molar-refractivity contribution in [1.29, 1.82) is 0 Å². The number of ether oxygens (including phenoxy) is 2. The average Bonchev–Trinajstić information content (AvgIpc) is 2.68. The third-order valence-electron chi connectivity index (χ3n) is 2.86. The third kappa shape index (κ3) is 1.69. The molecule has 0 saturated heterocycles. The first-order valence-electron chi connectivity index (χ1n) is 4.97. The van der Waals surface area contributed by atoms with Crippen LogP contribution in [-0.4, -0.2) is 20.5 Å². The Morgan fingerprint density at radius 2 is 1.60 bits per heavy atom. The summed E-state index contributed by atoms with van der Waals surface area (Å²) in [5.74, 6) is 1.60. The average molecular weight is 206 g/mol. The normalized spacial score (nSPS) is 14.8. The van der Waals surface area contributed by atoms with Gasteiger partial charge in [0.2, 0.25) is 0 Å².